The summed E-state index contributed by atoms with van der Waals surface area (Å²) in [6.07, 6.45) is 0.856. The van der Waals surface area contributed by atoms with Gasteiger partial charge in [0.25, 0.3) is 0 Å². The van der Waals surface area contributed by atoms with E-state index in [2.05, 4.69) is 5.32 Å². The number of nitrogens with one attached hydrogen (secondary N) is 1. The summed E-state index contributed by atoms with van der Waals surface area (Å²) in [5.41, 5.74) is 0.494. The molecule has 0 aliphatic carbocycles. The molecule has 0 bridgehead atoms. The van der Waals surface area contributed by atoms with Crippen LogP contribution in [0.15, 0.2) is 30.3 Å². The highest BCUT2D eigenvalue weighted by Crippen LogP contribution is 2.08. The van der Waals surface area contributed by atoms with Crippen molar-refractivity contribution in [3.05, 3.63) is 35.9 Å². The molecular formula is C14H15NO4. The van der Waals surface area contributed by atoms with Crippen molar-refractivity contribution in [2.75, 3.05) is 6.61 Å². The maximum absolute atomic E-state index is 11.7. The largest absolute Gasteiger partial charge is 0.463 e. The number of ketones is 1. The Labute approximate surface area is 110 Å². The van der Waals surface area contributed by atoms with Crippen molar-refractivity contribution in [1.29, 1.82) is 0 Å². The quantitative estimate of drug-likeness (QED) is 0.489. The van der Waals surface area contributed by atoms with Gasteiger partial charge in [-0.2, -0.15) is 0 Å². The van der Waals surface area contributed by atoms with Crippen LogP contribution in [0.25, 0.3) is 0 Å². The predicted octanol–water partition coefficient (Wildman–Crippen LogP) is 1.08. The van der Waals surface area contributed by atoms with E-state index in [0.29, 0.717) is 18.4 Å². The second-order valence-electron chi connectivity index (χ2n) is 4.45. The van der Waals surface area contributed by atoms with Crippen LogP contribution in [-0.4, -0.2) is 30.3 Å². The predicted molar refractivity (Wildman–Crippen MR) is 67.5 cm³/mol. The average Bonchev–Trinajstić information content (AvgIpc) is 2.83. The van der Waals surface area contributed by atoms with Gasteiger partial charge in [-0.15, -0.1) is 0 Å². The normalized spacial score (nSPS) is 17.9. The van der Waals surface area contributed by atoms with E-state index in [0.717, 1.165) is 0 Å². The van der Waals surface area contributed by atoms with E-state index in [1.54, 1.807) is 30.3 Å². The Balaban J connectivity index is 1.75. The summed E-state index contributed by atoms with van der Waals surface area (Å²) in [4.78, 5) is 34.2. The lowest BCUT2D eigenvalue weighted by Gasteiger charge is -2.10. The highest BCUT2D eigenvalue weighted by molar-refractivity contribution is 6.05. The molecule has 1 fully saturated rings. The second-order valence-corrected chi connectivity index (χ2v) is 4.45. The van der Waals surface area contributed by atoms with Crippen LogP contribution in [-0.2, 0) is 14.3 Å². The summed E-state index contributed by atoms with van der Waals surface area (Å²) >= 11 is 0. The molecule has 1 aliphatic rings. The summed E-state index contributed by atoms with van der Waals surface area (Å²) in [5.74, 6) is -0.850. The van der Waals surface area contributed by atoms with E-state index >= 15 is 0 Å². The third-order valence-corrected chi connectivity index (χ3v) is 2.93. The summed E-state index contributed by atoms with van der Waals surface area (Å²) < 4.78 is 4.99. The maximum Gasteiger partial charge on any atom is 0.313 e. The van der Waals surface area contributed by atoms with Gasteiger partial charge >= 0.3 is 5.97 Å². The molecule has 0 radical (unpaired) electrons. The minimum Gasteiger partial charge on any atom is -0.463 e. The third-order valence-electron chi connectivity index (χ3n) is 2.93. The van der Waals surface area contributed by atoms with Crippen LogP contribution < -0.4 is 5.32 Å². The first-order valence-corrected chi connectivity index (χ1v) is 6.18. The van der Waals surface area contributed by atoms with Crippen LogP contribution in [0.1, 0.15) is 29.6 Å². The van der Waals surface area contributed by atoms with Crippen LogP contribution in [0.2, 0.25) is 0 Å². The van der Waals surface area contributed by atoms with Crippen molar-refractivity contribution >= 4 is 17.7 Å². The number of carbonyl (C=O) groups excluding carboxylic acids is 3. The van der Waals surface area contributed by atoms with Crippen LogP contribution in [0.3, 0.4) is 0 Å². The monoisotopic (exact) mass is 261 g/mol. The lowest BCUT2D eigenvalue weighted by molar-refractivity contribution is -0.143. The Hall–Kier alpha value is -2.17. The molecular weight excluding hydrogens is 246 g/mol. The number of Topliss-reactive ketones (excluding diaryl/α,β-unsaturated/α-hetero) is 1. The van der Waals surface area contributed by atoms with Crippen molar-refractivity contribution < 1.29 is 19.1 Å². The molecule has 0 spiro atoms. The summed E-state index contributed by atoms with van der Waals surface area (Å²) in [6.45, 7) is 0.132. The third kappa shape index (κ3) is 3.91. The van der Waals surface area contributed by atoms with Crippen molar-refractivity contribution in [2.45, 2.75) is 25.3 Å². The molecule has 5 nitrogen and oxygen atoms in total. The van der Waals surface area contributed by atoms with E-state index in [9.17, 15) is 14.4 Å². The molecule has 1 amide bonds. The van der Waals surface area contributed by atoms with Crippen molar-refractivity contribution in [2.24, 2.45) is 0 Å². The number of hydrogen-bond acceptors (Lipinski definition) is 4. The topological polar surface area (TPSA) is 72.5 Å². The molecule has 0 unspecified atom stereocenters. The van der Waals surface area contributed by atoms with Gasteiger partial charge < -0.3 is 10.1 Å². The number of esters is 1. The van der Waals surface area contributed by atoms with E-state index in [1.165, 1.54) is 0 Å². The van der Waals surface area contributed by atoms with Gasteiger partial charge in [0, 0.05) is 12.0 Å². The minimum atomic E-state index is -0.560. The first kappa shape index (κ1) is 13.3. The molecule has 1 atom stereocenters. The average molecular weight is 261 g/mol. The molecule has 0 saturated carbocycles. The molecule has 1 aliphatic heterocycles. The van der Waals surface area contributed by atoms with Crippen LogP contribution in [0, 0.1) is 0 Å². The molecule has 1 N–H and O–H groups in total. The second kappa shape index (κ2) is 6.13. The molecule has 1 aromatic carbocycles. The first-order chi connectivity index (χ1) is 9.15. The molecule has 1 saturated heterocycles. The van der Waals surface area contributed by atoms with Crippen molar-refractivity contribution in [3.8, 4) is 0 Å². The minimum absolute atomic E-state index is 0.0265. The SMILES string of the molecule is O=C1CC[C@@H](COC(=O)CC(=O)c2ccccc2)N1. The van der Waals surface area contributed by atoms with Gasteiger partial charge in [-0.1, -0.05) is 30.3 Å². The summed E-state index contributed by atoms with van der Waals surface area (Å²) in [5, 5.41) is 2.69. The molecule has 5 heteroatoms. The smallest absolute Gasteiger partial charge is 0.313 e. The Morgan fingerprint density at radius 1 is 1.26 bits per heavy atom. The molecule has 2 rings (SSSR count). The fraction of sp³-hybridized carbons (Fsp3) is 0.357. The number of benzene rings is 1. The van der Waals surface area contributed by atoms with Gasteiger partial charge in [0.2, 0.25) is 5.91 Å². The lowest BCUT2D eigenvalue weighted by Crippen LogP contribution is -2.31. The molecule has 100 valence electrons. The zero-order valence-electron chi connectivity index (χ0n) is 10.4. The van der Waals surface area contributed by atoms with Gasteiger partial charge in [-0.05, 0) is 6.42 Å². The maximum atomic E-state index is 11.7. The summed E-state index contributed by atoms with van der Waals surface area (Å²) in [6, 6.07) is 8.49. The van der Waals surface area contributed by atoms with E-state index in [-0.39, 0.29) is 30.8 Å². The lowest BCUT2D eigenvalue weighted by atomic mass is 10.1. The Morgan fingerprint density at radius 2 is 2.00 bits per heavy atom. The van der Waals surface area contributed by atoms with E-state index in [1.807, 2.05) is 0 Å². The zero-order chi connectivity index (χ0) is 13.7. The van der Waals surface area contributed by atoms with Gasteiger partial charge in [0.1, 0.15) is 13.0 Å². The van der Waals surface area contributed by atoms with Crippen LogP contribution in [0.5, 0.6) is 0 Å². The molecule has 0 aromatic heterocycles. The highest BCUT2D eigenvalue weighted by atomic mass is 16.5. The molecule has 19 heavy (non-hydrogen) atoms. The fourth-order valence-electron chi connectivity index (χ4n) is 1.90. The highest BCUT2D eigenvalue weighted by Gasteiger charge is 2.22. The Morgan fingerprint density at radius 3 is 2.63 bits per heavy atom. The van der Waals surface area contributed by atoms with E-state index < -0.39 is 5.97 Å². The van der Waals surface area contributed by atoms with E-state index in [4.69, 9.17) is 4.74 Å². The van der Waals surface area contributed by atoms with Crippen molar-refractivity contribution in [1.82, 2.24) is 5.32 Å². The van der Waals surface area contributed by atoms with Gasteiger partial charge in [-0.3, -0.25) is 14.4 Å². The van der Waals surface area contributed by atoms with Crippen molar-refractivity contribution in [3.63, 3.8) is 0 Å². The van der Waals surface area contributed by atoms with Gasteiger partial charge in [-0.25, -0.2) is 0 Å². The van der Waals surface area contributed by atoms with Crippen LogP contribution >= 0.6 is 0 Å². The number of carbonyl (C=O) groups is 3. The standard InChI is InChI=1S/C14H15NO4/c16-12(10-4-2-1-3-5-10)8-14(18)19-9-11-6-7-13(17)15-11/h1-5,11H,6-9H2,(H,15,17)/t11-/m0/s1. The Bertz CT molecular complexity index is 483. The number of rotatable bonds is 5. The zero-order valence-corrected chi connectivity index (χ0v) is 10.4. The number of ether oxygens (including phenoxy) is 1. The summed E-state index contributed by atoms with van der Waals surface area (Å²) in [7, 11) is 0. The fourth-order valence-corrected chi connectivity index (χ4v) is 1.90. The van der Waals surface area contributed by atoms with Crippen LogP contribution in [0.4, 0.5) is 0 Å². The molecule has 1 aromatic rings. The number of hydrogen-bond donors (Lipinski definition) is 1. The van der Waals surface area contributed by atoms with Gasteiger partial charge in [0.15, 0.2) is 5.78 Å². The first-order valence-electron chi connectivity index (χ1n) is 6.18. The molecule has 1 heterocycles. The number of amides is 1. The Kier molecular flexibility index (Phi) is 4.28. The van der Waals surface area contributed by atoms with Gasteiger partial charge in [0.05, 0.1) is 6.04 Å².